The van der Waals surface area contributed by atoms with Gasteiger partial charge in [0.2, 0.25) is 0 Å². The lowest BCUT2D eigenvalue weighted by atomic mass is 10.2. The number of carbonyl (C=O) groups excluding carboxylic acids is 1. The number of carbonyl (C=O) groups is 1. The Balaban J connectivity index is 2.05. The number of aromatic nitrogens is 2. The molecule has 5 nitrogen and oxygen atoms in total. The van der Waals surface area contributed by atoms with Gasteiger partial charge in [-0.3, -0.25) is 9.78 Å². The van der Waals surface area contributed by atoms with Gasteiger partial charge in [0.25, 0.3) is 5.91 Å². The van der Waals surface area contributed by atoms with Crippen molar-refractivity contribution in [1.82, 2.24) is 15.4 Å². The van der Waals surface area contributed by atoms with Crippen LogP contribution in [0.3, 0.4) is 0 Å². The second-order valence-electron chi connectivity index (χ2n) is 3.43. The summed E-state index contributed by atoms with van der Waals surface area (Å²) in [7, 11) is 0. The largest absolute Gasteiger partial charge is 0.291 e. The molecule has 0 aliphatic carbocycles. The summed E-state index contributed by atoms with van der Waals surface area (Å²) < 4.78 is 0. The molecule has 7 heteroatoms. The third kappa shape index (κ3) is 3.49. The summed E-state index contributed by atoms with van der Waals surface area (Å²) in [5.41, 5.74) is 3.10. The normalized spacial score (nSPS) is 10.6. The summed E-state index contributed by atoms with van der Waals surface area (Å²) in [4.78, 5) is 19.2. The van der Waals surface area contributed by atoms with E-state index in [-0.39, 0.29) is 5.69 Å². The van der Waals surface area contributed by atoms with Crippen LogP contribution in [0.5, 0.6) is 0 Å². The molecule has 0 unspecified atom stereocenters. The average molecular weight is 295 g/mol. The van der Waals surface area contributed by atoms with Gasteiger partial charge in [-0.15, -0.1) is 0 Å². The van der Waals surface area contributed by atoms with Crippen LogP contribution in [0.2, 0.25) is 10.0 Å². The van der Waals surface area contributed by atoms with Crippen LogP contribution in [-0.2, 0) is 0 Å². The van der Waals surface area contributed by atoms with E-state index in [1.165, 1.54) is 24.8 Å². The first-order chi connectivity index (χ1) is 9.18. The highest BCUT2D eigenvalue weighted by atomic mass is 35.5. The lowest BCUT2D eigenvalue weighted by molar-refractivity contribution is 0.0950. The molecule has 0 bridgehead atoms. The van der Waals surface area contributed by atoms with Crippen molar-refractivity contribution < 1.29 is 4.79 Å². The van der Waals surface area contributed by atoms with Gasteiger partial charge >= 0.3 is 0 Å². The van der Waals surface area contributed by atoms with Crippen molar-refractivity contribution in [3.05, 3.63) is 58.1 Å². The van der Waals surface area contributed by atoms with Crippen LogP contribution in [0, 0.1) is 0 Å². The molecule has 2 rings (SSSR count). The van der Waals surface area contributed by atoms with Crippen molar-refractivity contribution in [2.45, 2.75) is 0 Å². The predicted molar refractivity (Wildman–Crippen MR) is 73.6 cm³/mol. The van der Waals surface area contributed by atoms with Gasteiger partial charge in [-0.2, -0.15) is 5.10 Å². The Kier molecular flexibility index (Phi) is 4.43. The fourth-order valence-corrected chi connectivity index (χ4v) is 1.61. The molecule has 0 radical (unpaired) electrons. The Labute approximate surface area is 119 Å². The minimum Gasteiger partial charge on any atom is -0.265 e. The fraction of sp³-hybridized carbons (Fsp3) is 0. The van der Waals surface area contributed by atoms with Crippen molar-refractivity contribution in [1.29, 1.82) is 0 Å². The minimum atomic E-state index is -0.456. The van der Waals surface area contributed by atoms with Gasteiger partial charge < -0.3 is 0 Å². The van der Waals surface area contributed by atoms with Crippen LogP contribution < -0.4 is 5.43 Å². The zero-order valence-corrected chi connectivity index (χ0v) is 11.1. The Hall–Kier alpha value is -1.98. The van der Waals surface area contributed by atoms with Gasteiger partial charge in [-0.25, -0.2) is 10.4 Å². The molecule has 19 heavy (non-hydrogen) atoms. The van der Waals surface area contributed by atoms with Crippen LogP contribution >= 0.6 is 23.2 Å². The molecule has 0 fully saturated rings. The van der Waals surface area contributed by atoms with Crippen LogP contribution in [0.15, 0.2) is 41.9 Å². The molecular weight excluding hydrogens is 287 g/mol. The van der Waals surface area contributed by atoms with Crippen molar-refractivity contribution in [2.24, 2.45) is 5.10 Å². The van der Waals surface area contributed by atoms with Gasteiger partial charge in [-0.05, 0) is 6.07 Å². The molecule has 0 aliphatic heterocycles. The van der Waals surface area contributed by atoms with Crippen molar-refractivity contribution >= 4 is 35.3 Å². The highest BCUT2D eigenvalue weighted by Gasteiger charge is 2.05. The molecule has 1 amide bonds. The van der Waals surface area contributed by atoms with Crippen molar-refractivity contribution in [3.63, 3.8) is 0 Å². The number of nitrogens with zero attached hydrogens (tertiary/aromatic N) is 3. The molecular formula is C12H8Cl2N4O. The average Bonchev–Trinajstić information content (AvgIpc) is 2.44. The molecule has 0 atom stereocenters. The van der Waals surface area contributed by atoms with E-state index in [9.17, 15) is 4.79 Å². The van der Waals surface area contributed by atoms with E-state index >= 15 is 0 Å². The van der Waals surface area contributed by atoms with Gasteiger partial charge in [0.15, 0.2) is 0 Å². The highest BCUT2D eigenvalue weighted by Crippen LogP contribution is 2.23. The van der Waals surface area contributed by atoms with E-state index in [2.05, 4.69) is 20.5 Å². The van der Waals surface area contributed by atoms with E-state index in [1.807, 2.05) is 0 Å². The summed E-state index contributed by atoms with van der Waals surface area (Å²) in [6, 6.07) is 5.13. The van der Waals surface area contributed by atoms with Crippen LogP contribution in [0.25, 0.3) is 0 Å². The number of rotatable bonds is 3. The second-order valence-corrected chi connectivity index (χ2v) is 4.22. The van der Waals surface area contributed by atoms with E-state index < -0.39 is 5.91 Å². The maximum absolute atomic E-state index is 11.6. The Morgan fingerprint density at radius 1 is 1.32 bits per heavy atom. The number of hydrazone groups is 1. The zero-order chi connectivity index (χ0) is 13.7. The second kappa shape index (κ2) is 6.26. The number of amides is 1. The van der Waals surface area contributed by atoms with Gasteiger partial charge in [0.1, 0.15) is 5.69 Å². The fourth-order valence-electron chi connectivity index (χ4n) is 1.25. The first-order valence-electron chi connectivity index (χ1n) is 5.22. The minimum absolute atomic E-state index is 0.178. The molecule has 2 aromatic rings. The van der Waals surface area contributed by atoms with E-state index in [1.54, 1.807) is 18.2 Å². The topological polar surface area (TPSA) is 67.2 Å². The first-order valence-corrected chi connectivity index (χ1v) is 5.97. The predicted octanol–water partition coefficient (Wildman–Crippen LogP) is 2.55. The maximum atomic E-state index is 11.6. The van der Waals surface area contributed by atoms with Crippen molar-refractivity contribution in [2.75, 3.05) is 0 Å². The summed E-state index contributed by atoms with van der Waals surface area (Å²) in [5.74, 6) is -0.456. The molecule has 0 spiro atoms. The molecule has 0 saturated heterocycles. The van der Waals surface area contributed by atoms with Crippen LogP contribution in [0.1, 0.15) is 16.1 Å². The van der Waals surface area contributed by atoms with Gasteiger partial charge in [0.05, 0.1) is 22.5 Å². The maximum Gasteiger partial charge on any atom is 0.291 e. The molecule has 0 aliphatic rings. The molecule has 1 N–H and O–H groups in total. The molecule has 1 aromatic heterocycles. The number of benzene rings is 1. The number of nitrogens with one attached hydrogen (secondary N) is 1. The molecule has 0 saturated carbocycles. The summed E-state index contributed by atoms with van der Waals surface area (Å²) in [6.07, 6.45) is 5.65. The smallest absolute Gasteiger partial charge is 0.265 e. The third-order valence-corrected chi connectivity index (χ3v) is 2.98. The van der Waals surface area contributed by atoms with Gasteiger partial charge in [0, 0.05) is 18.0 Å². The monoisotopic (exact) mass is 294 g/mol. The van der Waals surface area contributed by atoms with Crippen LogP contribution in [0.4, 0.5) is 0 Å². The summed E-state index contributed by atoms with van der Waals surface area (Å²) in [6.45, 7) is 0. The van der Waals surface area contributed by atoms with Crippen LogP contribution in [-0.4, -0.2) is 22.1 Å². The first kappa shape index (κ1) is 13.5. The van der Waals surface area contributed by atoms with Gasteiger partial charge in [-0.1, -0.05) is 35.3 Å². The summed E-state index contributed by atoms with van der Waals surface area (Å²) >= 11 is 11.8. The molecule has 1 aromatic carbocycles. The zero-order valence-electron chi connectivity index (χ0n) is 9.55. The Morgan fingerprint density at radius 3 is 2.89 bits per heavy atom. The summed E-state index contributed by atoms with van der Waals surface area (Å²) in [5, 5.41) is 4.58. The lowest BCUT2D eigenvalue weighted by Crippen LogP contribution is -2.19. The quantitative estimate of drug-likeness (QED) is 0.699. The Bertz CT molecular complexity index is 616. The van der Waals surface area contributed by atoms with E-state index in [0.717, 1.165) is 0 Å². The number of halogens is 2. The standard InChI is InChI=1S/C12H8Cl2N4O/c13-9-3-1-2-8(11(9)14)6-17-18-12(19)10-7-15-4-5-16-10/h1-7H,(H,18,19)/b17-6-. The third-order valence-electron chi connectivity index (χ3n) is 2.15. The highest BCUT2D eigenvalue weighted by molar-refractivity contribution is 6.43. The lowest BCUT2D eigenvalue weighted by Gasteiger charge is -2.00. The van der Waals surface area contributed by atoms with E-state index in [0.29, 0.717) is 15.6 Å². The molecule has 1 heterocycles. The molecule has 96 valence electrons. The number of hydrogen-bond donors (Lipinski definition) is 1. The SMILES string of the molecule is O=C(N/N=C\c1cccc(Cl)c1Cl)c1cnccn1. The Morgan fingerprint density at radius 2 is 2.16 bits per heavy atom. The van der Waals surface area contributed by atoms with E-state index in [4.69, 9.17) is 23.2 Å². The number of hydrogen-bond acceptors (Lipinski definition) is 4. The van der Waals surface area contributed by atoms with Crippen molar-refractivity contribution in [3.8, 4) is 0 Å².